The zero-order valence-corrected chi connectivity index (χ0v) is 25.4. The molecule has 2 heterocycles. The van der Waals surface area contributed by atoms with Crippen LogP contribution in [0, 0.1) is 0 Å². The number of para-hydroxylation sites is 1. The van der Waals surface area contributed by atoms with Gasteiger partial charge in [0.25, 0.3) is 0 Å². The Bertz CT molecular complexity index is 2820. The van der Waals surface area contributed by atoms with E-state index in [1.807, 2.05) is 0 Å². The molecule has 0 atom stereocenters. The summed E-state index contributed by atoms with van der Waals surface area (Å²) in [6.45, 7) is 0. The van der Waals surface area contributed by atoms with Crippen LogP contribution in [0.5, 0.6) is 0 Å². The highest BCUT2D eigenvalue weighted by molar-refractivity contribution is 6.23. The summed E-state index contributed by atoms with van der Waals surface area (Å²) in [6.07, 6.45) is 3.56. The molecule has 2 aromatic heterocycles. The summed E-state index contributed by atoms with van der Waals surface area (Å²) in [4.78, 5) is 9.44. The fraction of sp³-hybridized carbons (Fsp3) is 0. The smallest absolute Gasteiger partial charge is 0.0971 e. The Morgan fingerprint density at radius 3 is 1.85 bits per heavy atom. The van der Waals surface area contributed by atoms with Crippen molar-refractivity contribution in [2.24, 2.45) is 0 Å². The van der Waals surface area contributed by atoms with E-state index in [4.69, 9.17) is 9.97 Å². The van der Waals surface area contributed by atoms with Crippen molar-refractivity contribution in [2.75, 3.05) is 0 Å². The minimum absolute atomic E-state index is 0.939. The monoisotopic (exact) mass is 597 g/mol. The second-order valence-electron chi connectivity index (χ2n) is 12.2. The van der Waals surface area contributed by atoms with Crippen LogP contribution in [0.4, 0.5) is 0 Å². The lowest BCUT2D eigenvalue weighted by Gasteiger charge is -2.13. The van der Waals surface area contributed by atoms with Gasteiger partial charge in [0, 0.05) is 39.6 Å². The molecule has 0 fully saturated rings. The SMILES string of the molecule is c1cc(-c2ccc3c(c2)c2ccccc2c2nccnc32)cc(-n2c3ccccc3c3cc(-c4cccc5ccccc45)ccc32)c1. The Balaban J connectivity index is 1.16. The van der Waals surface area contributed by atoms with E-state index in [0.29, 0.717) is 0 Å². The van der Waals surface area contributed by atoms with Crippen molar-refractivity contribution in [1.82, 2.24) is 14.5 Å². The number of hydrogen-bond acceptors (Lipinski definition) is 2. The lowest BCUT2D eigenvalue weighted by atomic mass is 9.95. The summed E-state index contributed by atoms with van der Waals surface area (Å²) < 4.78 is 2.40. The number of rotatable bonds is 3. The van der Waals surface area contributed by atoms with Crippen LogP contribution in [0.25, 0.3) is 93.1 Å². The summed E-state index contributed by atoms with van der Waals surface area (Å²) >= 11 is 0. The Hall–Kier alpha value is -6.32. The molecule has 0 unspecified atom stereocenters. The van der Waals surface area contributed by atoms with Crippen molar-refractivity contribution >= 4 is 65.2 Å². The fourth-order valence-electron chi connectivity index (χ4n) is 7.53. The minimum Gasteiger partial charge on any atom is -0.309 e. The van der Waals surface area contributed by atoms with Gasteiger partial charge in [0.15, 0.2) is 0 Å². The van der Waals surface area contributed by atoms with E-state index >= 15 is 0 Å². The molecule has 10 rings (SSSR count). The Labute approximate surface area is 271 Å². The molecule has 3 heteroatoms. The third-order valence-corrected chi connectivity index (χ3v) is 9.66. The fourth-order valence-corrected chi connectivity index (χ4v) is 7.53. The second-order valence-corrected chi connectivity index (χ2v) is 12.2. The average Bonchev–Trinajstić information content (AvgIpc) is 3.48. The van der Waals surface area contributed by atoms with Gasteiger partial charge in [-0.3, -0.25) is 9.97 Å². The molecule has 8 aromatic carbocycles. The summed E-state index contributed by atoms with van der Waals surface area (Å²) in [5.41, 5.74) is 10.2. The van der Waals surface area contributed by atoms with Crippen LogP contribution in [0.1, 0.15) is 0 Å². The molecule has 0 aliphatic heterocycles. The molecule has 0 saturated heterocycles. The molecule has 3 nitrogen and oxygen atoms in total. The Morgan fingerprint density at radius 2 is 0.979 bits per heavy atom. The maximum Gasteiger partial charge on any atom is 0.0971 e. The summed E-state index contributed by atoms with van der Waals surface area (Å²) in [5.74, 6) is 0. The second kappa shape index (κ2) is 10.1. The van der Waals surface area contributed by atoms with E-state index in [0.717, 1.165) is 27.5 Å². The van der Waals surface area contributed by atoms with Crippen LogP contribution < -0.4 is 0 Å². The summed E-state index contributed by atoms with van der Waals surface area (Å²) in [7, 11) is 0. The Kier molecular flexibility index (Phi) is 5.57. The van der Waals surface area contributed by atoms with E-state index in [2.05, 4.69) is 156 Å². The van der Waals surface area contributed by atoms with Crippen LogP contribution in [0.2, 0.25) is 0 Å². The van der Waals surface area contributed by atoms with Gasteiger partial charge in [-0.2, -0.15) is 0 Å². The predicted octanol–water partition coefficient (Wildman–Crippen LogP) is 11.5. The van der Waals surface area contributed by atoms with Gasteiger partial charge >= 0.3 is 0 Å². The molecule has 0 aliphatic carbocycles. The van der Waals surface area contributed by atoms with E-state index in [-0.39, 0.29) is 0 Å². The van der Waals surface area contributed by atoms with Crippen molar-refractivity contribution in [1.29, 1.82) is 0 Å². The van der Waals surface area contributed by atoms with Crippen molar-refractivity contribution in [3.8, 4) is 27.9 Å². The van der Waals surface area contributed by atoms with Gasteiger partial charge < -0.3 is 4.57 Å². The van der Waals surface area contributed by atoms with Gasteiger partial charge in [0.1, 0.15) is 0 Å². The van der Waals surface area contributed by atoms with Gasteiger partial charge in [-0.1, -0.05) is 115 Å². The number of benzene rings is 8. The summed E-state index contributed by atoms with van der Waals surface area (Å²) in [5, 5.41) is 9.66. The molecule has 0 amide bonds. The van der Waals surface area contributed by atoms with E-state index in [1.54, 1.807) is 12.4 Å². The Morgan fingerprint density at radius 1 is 0.362 bits per heavy atom. The molecular weight excluding hydrogens is 571 g/mol. The highest BCUT2D eigenvalue weighted by Crippen LogP contribution is 2.39. The molecule has 0 bridgehead atoms. The molecule has 0 aliphatic rings. The van der Waals surface area contributed by atoms with Crippen molar-refractivity contribution in [3.63, 3.8) is 0 Å². The lowest BCUT2D eigenvalue weighted by molar-refractivity contribution is 1.18. The molecule has 0 saturated carbocycles. The standard InChI is InChI=1S/C44H27N3/c1-2-13-33-28(9-1)10-8-17-34(33)31-20-22-42-40(27-31)36-15-5-6-18-41(36)47(42)32-12-7-11-29(25-32)30-19-21-38-39(26-30)35-14-3-4-16-37(35)43-44(38)46-24-23-45-43/h1-27H. The highest BCUT2D eigenvalue weighted by atomic mass is 15.0. The summed E-state index contributed by atoms with van der Waals surface area (Å²) in [6, 6.07) is 55.0. The molecule has 47 heavy (non-hydrogen) atoms. The van der Waals surface area contributed by atoms with Crippen LogP contribution in [0.15, 0.2) is 164 Å². The van der Waals surface area contributed by atoms with Crippen LogP contribution in [-0.4, -0.2) is 14.5 Å². The van der Waals surface area contributed by atoms with Gasteiger partial charge in [-0.05, 0) is 80.2 Å². The van der Waals surface area contributed by atoms with Crippen molar-refractivity contribution in [2.45, 2.75) is 0 Å². The topological polar surface area (TPSA) is 30.7 Å². The van der Waals surface area contributed by atoms with Gasteiger partial charge in [0.05, 0.1) is 22.1 Å². The van der Waals surface area contributed by atoms with Gasteiger partial charge in [-0.15, -0.1) is 0 Å². The quantitative estimate of drug-likeness (QED) is 0.190. The van der Waals surface area contributed by atoms with E-state index in [1.165, 1.54) is 65.6 Å². The van der Waals surface area contributed by atoms with Crippen molar-refractivity contribution in [3.05, 3.63) is 164 Å². The molecular formula is C44H27N3. The maximum absolute atomic E-state index is 4.74. The highest BCUT2D eigenvalue weighted by Gasteiger charge is 2.16. The first-order valence-electron chi connectivity index (χ1n) is 16.0. The number of aromatic nitrogens is 3. The normalized spacial score (nSPS) is 11.8. The largest absolute Gasteiger partial charge is 0.309 e. The van der Waals surface area contributed by atoms with Crippen LogP contribution in [0.3, 0.4) is 0 Å². The molecule has 218 valence electrons. The lowest BCUT2D eigenvalue weighted by Crippen LogP contribution is -1.94. The zero-order valence-electron chi connectivity index (χ0n) is 25.4. The third kappa shape index (κ3) is 3.93. The number of fused-ring (bicyclic) bond motifs is 10. The first-order valence-corrected chi connectivity index (χ1v) is 16.0. The molecule has 10 aromatic rings. The third-order valence-electron chi connectivity index (χ3n) is 9.66. The number of hydrogen-bond donors (Lipinski definition) is 0. The molecule has 0 N–H and O–H groups in total. The molecule has 0 spiro atoms. The first kappa shape index (κ1) is 26.0. The van der Waals surface area contributed by atoms with Crippen LogP contribution in [-0.2, 0) is 0 Å². The minimum atomic E-state index is 0.939. The predicted molar refractivity (Wildman–Crippen MR) is 197 cm³/mol. The van der Waals surface area contributed by atoms with Crippen molar-refractivity contribution < 1.29 is 0 Å². The number of nitrogens with zero attached hydrogens (tertiary/aromatic N) is 3. The molecule has 0 radical (unpaired) electrons. The first-order chi connectivity index (χ1) is 23.3. The van der Waals surface area contributed by atoms with Gasteiger partial charge in [0.2, 0.25) is 0 Å². The van der Waals surface area contributed by atoms with Gasteiger partial charge in [-0.25, -0.2) is 0 Å². The van der Waals surface area contributed by atoms with E-state index in [9.17, 15) is 0 Å². The van der Waals surface area contributed by atoms with E-state index < -0.39 is 0 Å². The zero-order chi connectivity index (χ0) is 30.9. The van der Waals surface area contributed by atoms with Crippen LogP contribution >= 0.6 is 0 Å². The maximum atomic E-state index is 4.74. The average molecular weight is 598 g/mol.